The van der Waals surface area contributed by atoms with Crippen molar-refractivity contribution in [3.05, 3.63) is 65.7 Å². The van der Waals surface area contributed by atoms with E-state index >= 15 is 0 Å². The number of sulfonamides is 1. The number of hydrogen-bond acceptors (Lipinski definition) is 4. The van der Waals surface area contributed by atoms with Crippen molar-refractivity contribution in [2.45, 2.75) is 4.90 Å². The van der Waals surface area contributed by atoms with Crippen LogP contribution in [0.25, 0.3) is 6.08 Å². The Balaban J connectivity index is 2.18. The molecule has 0 spiro atoms. The van der Waals surface area contributed by atoms with E-state index in [4.69, 9.17) is 0 Å². The molecule has 0 unspecified atom stereocenters. The molecule has 0 aliphatic heterocycles. The summed E-state index contributed by atoms with van der Waals surface area (Å²) in [5, 5.41) is 9.37. The maximum absolute atomic E-state index is 12.1. The van der Waals surface area contributed by atoms with Crippen LogP contribution in [0.3, 0.4) is 0 Å². The Labute approximate surface area is 135 Å². The Morgan fingerprint density at radius 3 is 2.30 bits per heavy atom. The van der Waals surface area contributed by atoms with Gasteiger partial charge < -0.3 is 5.11 Å². The lowest BCUT2D eigenvalue weighted by molar-refractivity contribution is 0.104. The van der Waals surface area contributed by atoms with Crippen LogP contribution in [0.5, 0.6) is 5.75 Å². The number of allylic oxidation sites excluding steroid dienone is 1. The highest BCUT2D eigenvalue weighted by atomic mass is 32.2. The van der Waals surface area contributed by atoms with E-state index in [0.29, 0.717) is 11.1 Å². The van der Waals surface area contributed by atoms with E-state index in [1.807, 2.05) is 0 Å². The monoisotopic (exact) mass is 331 g/mol. The topological polar surface area (TPSA) is 74.7 Å². The zero-order valence-electron chi connectivity index (χ0n) is 12.8. The minimum absolute atomic E-state index is 0.123. The van der Waals surface area contributed by atoms with Crippen molar-refractivity contribution in [3.8, 4) is 5.75 Å². The van der Waals surface area contributed by atoms with E-state index < -0.39 is 10.0 Å². The van der Waals surface area contributed by atoms with Gasteiger partial charge in [-0.05, 0) is 48.0 Å². The average Bonchev–Trinajstić information content (AvgIpc) is 2.52. The molecule has 1 N–H and O–H groups in total. The molecule has 120 valence electrons. The molecule has 23 heavy (non-hydrogen) atoms. The molecule has 0 aromatic heterocycles. The molecular formula is C17H17NO4S. The van der Waals surface area contributed by atoms with Gasteiger partial charge in [-0.2, -0.15) is 0 Å². The predicted molar refractivity (Wildman–Crippen MR) is 88.8 cm³/mol. The minimum atomic E-state index is -3.50. The molecule has 0 amide bonds. The summed E-state index contributed by atoms with van der Waals surface area (Å²) in [6.07, 6.45) is 2.97. The molecule has 2 aromatic rings. The first-order chi connectivity index (χ1) is 10.8. The smallest absolute Gasteiger partial charge is 0.242 e. The van der Waals surface area contributed by atoms with Gasteiger partial charge in [0, 0.05) is 19.7 Å². The van der Waals surface area contributed by atoms with Crippen LogP contribution in [-0.4, -0.2) is 37.7 Å². The van der Waals surface area contributed by atoms with Crippen molar-refractivity contribution in [3.63, 3.8) is 0 Å². The van der Waals surface area contributed by atoms with Gasteiger partial charge in [-0.15, -0.1) is 0 Å². The Bertz CT molecular complexity index is 837. The molecule has 0 radical (unpaired) electrons. The summed E-state index contributed by atoms with van der Waals surface area (Å²) in [6, 6.07) is 12.3. The summed E-state index contributed by atoms with van der Waals surface area (Å²) >= 11 is 0. The Morgan fingerprint density at radius 1 is 1.09 bits per heavy atom. The van der Waals surface area contributed by atoms with Crippen LogP contribution in [0, 0.1) is 0 Å². The van der Waals surface area contributed by atoms with Crippen LogP contribution < -0.4 is 0 Å². The van der Waals surface area contributed by atoms with Crippen molar-refractivity contribution in [1.29, 1.82) is 0 Å². The van der Waals surface area contributed by atoms with E-state index in [1.54, 1.807) is 24.3 Å². The molecule has 6 heteroatoms. The van der Waals surface area contributed by atoms with Crippen LogP contribution in [0.1, 0.15) is 15.9 Å². The number of carbonyl (C=O) groups is 1. The molecule has 0 bridgehead atoms. The summed E-state index contributed by atoms with van der Waals surface area (Å²) < 4.78 is 25.0. The Kier molecular flexibility index (Phi) is 4.98. The number of aromatic hydroxyl groups is 1. The third kappa shape index (κ3) is 4.06. The number of ketones is 1. The predicted octanol–water partition coefficient (Wildman–Crippen LogP) is 2.54. The second-order valence-corrected chi connectivity index (χ2v) is 7.26. The molecule has 2 aromatic carbocycles. The van der Waals surface area contributed by atoms with E-state index in [0.717, 1.165) is 4.31 Å². The van der Waals surface area contributed by atoms with Gasteiger partial charge in [0.25, 0.3) is 0 Å². The molecular weight excluding hydrogens is 314 g/mol. The molecule has 0 atom stereocenters. The van der Waals surface area contributed by atoms with Crippen molar-refractivity contribution in [2.75, 3.05) is 14.1 Å². The first-order valence-corrected chi connectivity index (χ1v) is 8.29. The van der Waals surface area contributed by atoms with E-state index in [1.165, 1.54) is 50.5 Å². The van der Waals surface area contributed by atoms with Crippen molar-refractivity contribution >= 4 is 21.9 Å². The van der Waals surface area contributed by atoms with Gasteiger partial charge in [-0.25, -0.2) is 12.7 Å². The SMILES string of the molecule is CN(C)S(=O)(=O)c1ccc(C(=O)/C=C/c2cccc(O)c2)cc1. The molecule has 5 nitrogen and oxygen atoms in total. The lowest BCUT2D eigenvalue weighted by atomic mass is 10.1. The van der Waals surface area contributed by atoms with Gasteiger partial charge >= 0.3 is 0 Å². The van der Waals surface area contributed by atoms with Crippen LogP contribution in [-0.2, 0) is 10.0 Å². The second kappa shape index (κ2) is 6.76. The van der Waals surface area contributed by atoms with Crippen molar-refractivity contribution in [1.82, 2.24) is 4.31 Å². The maximum Gasteiger partial charge on any atom is 0.242 e. The van der Waals surface area contributed by atoms with Crippen LogP contribution in [0.2, 0.25) is 0 Å². The number of benzene rings is 2. The fourth-order valence-corrected chi connectivity index (χ4v) is 2.80. The normalized spacial score (nSPS) is 12.0. The van der Waals surface area contributed by atoms with Gasteiger partial charge in [0.05, 0.1) is 4.90 Å². The van der Waals surface area contributed by atoms with Crippen LogP contribution in [0.4, 0.5) is 0 Å². The largest absolute Gasteiger partial charge is 0.508 e. The van der Waals surface area contributed by atoms with E-state index in [2.05, 4.69) is 0 Å². The van der Waals surface area contributed by atoms with E-state index in [-0.39, 0.29) is 16.4 Å². The van der Waals surface area contributed by atoms with Crippen LogP contribution in [0.15, 0.2) is 59.5 Å². The fourth-order valence-electron chi connectivity index (χ4n) is 1.90. The summed E-state index contributed by atoms with van der Waals surface area (Å²) in [7, 11) is -0.602. The molecule has 0 aliphatic carbocycles. The van der Waals surface area contributed by atoms with Crippen LogP contribution >= 0.6 is 0 Å². The van der Waals surface area contributed by atoms with Crippen molar-refractivity contribution < 1.29 is 18.3 Å². The average molecular weight is 331 g/mol. The zero-order chi connectivity index (χ0) is 17.0. The van der Waals surface area contributed by atoms with Gasteiger partial charge in [0.2, 0.25) is 10.0 Å². The fraction of sp³-hybridized carbons (Fsp3) is 0.118. The van der Waals surface area contributed by atoms with Crippen molar-refractivity contribution in [2.24, 2.45) is 0 Å². The molecule has 0 fully saturated rings. The first kappa shape index (κ1) is 16.9. The Morgan fingerprint density at radius 2 is 1.74 bits per heavy atom. The lowest BCUT2D eigenvalue weighted by Gasteiger charge is -2.11. The number of carbonyl (C=O) groups excluding carboxylic acids is 1. The number of phenols is 1. The van der Waals surface area contributed by atoms with Gasteiger partial charge in [0.15, 0.2) is 5.78 Å². The quantitative estimate of drug-likeness (QED) is 0.675. The zero-order valence-corrected chi connectivity index (χ0v) is 13.6. The van der Waals surface area contributed by atoms with E-state index in [9.17, 15) is 18.3 Å². The number of hydrogen-bond donors (Lipinski definition) is 1. The minimum Gasteiger partial charge on any atom is -0.508 e. The molecule has 0 saturated carbocycles. The number of phenolic OH excluding ortho intramolecular Hbond substituents is 1. The number of rotatable bonds is 5. The highest BCUT2D eigenvalue weighted by Gasteiger charge is 2.17. The summed E-state index contributed by atoms with van der Waals surface area (Å²) in [5.74, 6) is -0.125. The molecule has 0 aliphatic rings. The third-order valence-electron chi connectivity index (χ3n) is 3.21. The van der Waals surface area contributed by atoms with Gasteiger partial charge in [0.1, 0.15) is 5.75 Å². The Hall–Kier alpha value is -2.44. The molecule has 2 rings (SSSR count). The maximum atomic E-state index is 12.1. The van der Waals surface area contributed by atoms with Gasteiger partial charge in [-0.3, -0.25) is 4.79 Å². The lowest BCUT2D eigenvalue weighted by Crippen LogP contribution is -2.22. The first-order valence-electron chi connectivity index (χ1n) is 6.85. The summed E-state index contributed by atoms with van der Waals surface area (Å²) in [4.78, 5) is 12.2. The second-order valence-electron chi connectivity index (χ2n) is 5.10. The summed E-state index contributed by atoms with van der Waals surface area (Å²) in [5.41, 5.74) is 1.09. The van der Waals surface area contributed by atoms with Gasteiger partial charge in [-0.1, -0.05) is 18.2 Å². The summed E-state index contributed by atoms with van der Waals surface area (Å²) in [6.45, 7) is 0. The standard InChI is InChI=1S/C17H17NO4S/c1-18(2)23(21,22)16-9-7-14(8-10-16)17(20)11-6-13-4-3-5-15(19)12-13/h3-12,19H,1-2H3/b11-6+. The third-order valence-corrected chi connectivity index (χ3v) is 5.04. The number of nitrogens with zero attached hydrogens (tertiary/aromatic N) is 1. The molecule has 0 saturated heterocycles. The highest BCUT2D eigenvalue weighted by Crippen LogP contribution is 2.16. The highest BCUT2D eigenvalue weighted by molar-refractivity contribution is 7.89. The molecule has 0 heterocycles.